The zero-order chi connectivity index (χ0) is 19.1. The number of ether oxygens (including phenoxy) is 1. The van der Waals surface area contributed by atoms with E-state index in [9.17, 15) is 9.18 Å². The predicted octanol–water partition coefficient (Wildman–Crippen LogP) is 4.82. The van der Waals surface area contributed by atoms with Crippen molar-refractivity contribution in [3.8, 4) is 5.75 Å². The Labute approximate surface area is 161 Å². The Morgan fingerprint density at radius 1 is 1.00 bits per heavy atom. The van der Waals surface area contributed by atoms with Gasteiger partial charge in [-0.15, -0.1) is 0 Å². The van der Waals surface area contributed by atoms with E-state index < -0.39 is 0 Å². The third kappa shape index (κ3) is 5.66. The Morgan fingerprint density at radius 2 is 1.67 bits per heavy atom. The van der Waals surface area contributed by atoms with Crippen molar-refractivity contribution in [1.29, 1.82) is 0 Å². The Bertz CT molecular complexity index is 924. The summed E-state index contributed by atoms with van der Waals surface area (Å²) in [5, 5.41) is 4.54. The molecule has 0 aliphatic rings. The molecule has 0 saturated carbocycles. The summed E-state index contributed by atoms with van der Waals surface area (Å²) in [5.74, 6) is -0.0246. The molecule has 0 radical (unpaired) electrons. The fraction of sp³-hybridized carbons (Fsp3) is 0.0476. The quantitative estimate of drug-likeness (QED) is 0.490. The summed E-state index contributed by atoms with van der Waals surface area (Å²) < 4.78 is 18.5. The van der Waals surface area contributed by atoms with Crippen molar-refractivity contribution in [1.82, 2.24) is 5.43 Å². The third-order valence-corrected chi connectivity index (χ3v) is 3.94. The molecule has 3 aromatic rings. The van der Waals surface area contributed by atoms with Crippen LogP contribution in [0.2, 0.25) is 5.02 Å². The van der Waals surface area contributed by atoms with Gasteiger partial charge in [0.25, 0.3) is 5.91 Å². The maximum Gasteiger partial charge on any atom is 0.271 e. The number of nitrogens with zero attached hydrogens (tertiary/aromatic N) is 1. The molecule has 0 aliphatic heterocycles. The van der Waals surface area contributed by atoms with Crippen LogP contribution in [0.25, 0.3) is 0 Å². The van der Waals surface area contributed by atoms with Gasteiger partial charge in [-0.1, -0.05) is 35.9 Å². The number of carbonyl (C=O) groups is 1. The Hall–Kier alpha value is -3.18. The number of nitrogens with one attached hydrogen (secondary N) is 1. The van der Waals surface area contributed by atoms with Crippen LogP contribution < -0.4 is 10.2 Å². The molecule has 136 valence electrons. The van der Waals surface area contributed by atoms with Crippen molar-refractivity contribution >= 4 is 23.7 Å². The lowest BCUT2D eigenvalue weighted by Crippen LogP contribution is -2.17. The van der Waals surface area contributed by atoms with Crippen LogP contribution in [0.15, 0.2) is 77.9 Å². The summed E-state index contributed by atoms with van der Waals surface area (Å²) in [6.45, 7) is 0.407. The molecule has 0 atom stereocenters. The highest BCUT2D eigenvalue weighted by Gasteiger charge is 2.04. The predicted molar refractivity (Wildman–Crippen MR) is 104 cm³/mol. The molecule has 6 heteroatoms. The molecule has 1 N–H and O–H groups in total. The molecule has 0 fully saturated rings. The summed E-state index contributed by atoms with van der Waals surface area (Å²) in [7, 11) is 0. The minimum Gasteiger partial charge on any atom is -0.489 e. The van der Waals surface area contributed by atoms with Gasteiger partial charge < -0.3 is 4.74 Å². The molecule has 3 rings (SSSR count). The fourth-order valence-corrected chi connectivity index (χ4v) is 2.35. The van der Waals surface area contributed by atoms with Crippen LogP contribution >= 0.6 is 11.6 Å². The number of rotatable bonds is 6. The van der Waals surface area contributed by atoms with Gasteiger partial charge in [0.1, 0.15) is 18.2 Å². The first-order chi connectivity index (χ1) is 13.1. The molecule has 27 heavy (non-hydrogen) atoms. The Kier molecular flexibility index (Phi) is 6.18. The minimum atomic E-state index is -0.349. The summed E-state index contributed by atoms with van der Waals surface area (Å²) in [4.78, 5) is 12.1. The van der Waals surface area contributed by atoms with Crippen LogP contribution in [-0.2, 0) is 6.61 Å². The molecule has 0 heterocycles. The first-order valence-corrected chi connectivity index (χ1v) is 8.54. The number of hydrogen-bond acceptors (Lipinski definition) is 3. The van der Waals surface area contributed by atoms with E-state index in [1.165, 1.54) is 18.3 Å². The molecule has 0 saturated heterocycles. The maximum absolute atomic E-state index is 12.8. The number of benzene rings is 3. The van der Waals surface area contributed by atoms with Gasteiger partial charge in [0.2, 0.25) is 0 Å². The largest absolute Gasteiger partial charge is 0.489 e. The molecule has 1 amide bonds. The molecule has 0 unspecified atom stereocenters. The van der Waals surface area contributed by atoms with E-state index in [4.69, 9.17) is 16.3 Å². The van der Waals surface area contributed by atoms with Gasteiger partial charge in [0, 0.05) is 10.6 Å². The topological polar surface area (TPSA) is 50.7 Å². The maximum atomic E-state index is 12.8. The van der Waals surface area contributed by atoms with Crippen molar-refractivity contribution in [2.45, 2.75) is 6.61 Å². The van der Waals surface area contributed by atoms with E-state index in [-0.39, 0.29) is 11.7 Å². The minimum absolute atomic E-state index is 0.324. The summed E-state index contributed by atoms with van der Waals surface area (Å²) in [6, 6.07) is 19.9. The second-order valence-corrected chi connectivity index (χ2v) is 6.13. The van der Waals surface area contributed by atoms with Crippen molar-refractivity contribution < 1.29 is 13.9 Å². The van der Waals surface area contributed by atoms with E-state index in [1.807, 2.05) is 12.1 Å². The van der Waals surface area contributed by atoms with Crippen LogP contribution in [0.3, 0.4) is 0 Å². The standard InChI is InChI=1S/C21H16ClFN2O2/c22-18-7-1-16(2-8-18)14-27-20-11-5-17(6-12-20)21(26)25-24-13-15-3-9-19(23)10-4-15/h1-13H,14H2,(H,25,26)/b24-13+. The van der Waals surface area contributed by atoms with Gasteiger partial charge in [0.15, 0.2) is 0 Å². The summed E-state index contributed by atoms with van der Waals surface area (Å²) in [5.41, 5.74) is 4.56. The summed E-state index contributed by atoms with van der Waals surface area (Å²) >= 11 is 5.85. The molecule has 0 aromatic heterocycles. The first-order valence-electron chi connectivity index (χ1n) is 8.16. The molecule has 3 aromatic carbocycles. The van der Waals surface area contributed by atoms with E-state index in [0.29, 0.717) is 28.5 Å². The van der Waals surface area contributed by atoms with E-state index in [1.54, 1.807) is 48.5 Å². The zero-order valence-corrected chi connectivity index (χ0v) is 15.0. The summed E-state index contributed by atoms with van der Waals surface area (Å²) in [6.07, 6.45) is 1.45. The number of carbonyl (C=O) groups excluding carboxylic acids is 1. The highest BCUT2D eigenvalue weighted by atomic mass is 35.5. The Balaban J connectivity index is 1.52. The van der Waals surface area contributed by atoms with E-state index in [2.05, 4.69) is 10.5 Å². The average Bonchev–Trinajstić information content (AvgIpc) is 2.69. The van der Waals surface area contributed by atoms with Gasteiger partial charge in [0.05, 0.1) is 6.21 Å². The normalized spacial score (nSPS) is 10.7. The molecular formula is C21H16ClFN2O2. The van der Waals surface area contributed by atoms with Crippen molar-refractivity contribution in [3.63, 3.8) is 0 Å². The van der Waals surface area contributed by atoms with Crippen LogP contribution in [0, 0.1) is 5.82 Å². The third-order valence-electron chi connectivity index (χ3n) is 3.68. The highest BCUT2D eigenvalue weighted by Crippen LogP contribution is 2.15. The van der Waals surface area contributed by atoms with E-state index in [0.717, 1.165) is 5.56 Å². The average molecular weight is 383 g/mol. The highest BCUT2D eigenvalue weighted by molar-refractivity contribution is 6.30. The molecule has 0 bridgehead atoms. The van der Waals surface area contributed by atoms with Crippen LogP contribution in [-0.4, -0.2) is 12.1 Å². The number of halogens is 2. The van der Waals surface area contributed by atoms with Crippen LogP contribution in [0.1, 0.15) is 21.5 Å². The van der Waals surface area contributed by atoms with Gasteiger partial charge in [-0.25, -0.2) is 9.82 Å². The van der Waals surface area contributed by atoms with Gasteiger partial charge >= 0.3 is 0 Å². The number of hydrogen-bond donors (Lipinski definition) is 1. The van der Waals surface area contributed by atoms with Gasteiger partial charge in [-0.2, -0.15) is 5.10 Å². The lowest BCUT2D eigenvalue weighted by Gasteiger charge is -2.07. The van der Waals surface area contributed by atoms with Gasteiger partial charge in [-0.3, -0.25) is 4.79 Å². The monoisotopic (exact) mass is 382 g/mol. The van der Waals surface area contributed by atoms with E-state index >= 15 is 0 Å². The van der Waals surface area contributed by atoms with Gasteiger partial charge in [-0.05, 0) is 59.7 Å². The lowest BCUT2D eigenvalue weighted by atomic mass is 10.2. The van der Waals surface area contributed by atoms with Crippen molar-refractivity contribution in [3.05, 3.63) is 100 Å². The smallest absolute Gasteiger partial charge is 0.271 e. The van der Waals surface area contributed by atoms with Crippen LogP contribution in [0.4, 0.5) is 4.39 Å². The second kappa shape index (κ2) is 8.96. The zero-order valence-electron chi connectivity index (χ0n) is 14.2. The molecule has 4 nitrogen and oxygen atoms in total. The SMILES string of the molecule is O=C(N/N=C/c1ccc(F)cc1)c1ccc(OCc2ccc(Cl)cc2)cc1. The number of amides is 1. The molecule has 0 spiro atoms. The number of hydrazone groups is 1. The van der Waals surface area contributed by atoms with Crippen LogP contribution in [0.5, 0.6) is 5.75 Å². The first kappa shape index (κ1) is 18.6. The Morgan fingerprint density at radius 3 is 2.33 bits per heavy atom. The fourth-order valence-electron chi connectivity index (χ4n) is 2.23. The van der Waals surface area contributed by atoms with Crippen molar-refractivity contribution in [2.24, 2.45) is 5.10 Å². The second-order valence-electron chi connectivity index (χ2n) is 5.69. The lowest BCUT2D eigenvalue weighted by molar-refractivity contribution is 0.0955. The molecule has 0 aliphatic carbocycles. The molecular weight excluding hydrogens is 367 g/mol. The van der Waals surface area contributed by atoms with Crippen molar-refractivity contribution in [2.75, 3.05) is 0 Å².